The lowest BCUT2D eigenvalue weighted by Gasteiger charge is -2.38. The molecule has 5 atom stereocenters. The molecule has 1 heterocycles. The van der Waals surface area contributed by atoms with Crippen LogP contribution in [0.2, 0.25) is 0 Å². The lowest BCUT2D eigenvalue weighted by Crippen LogP contribution is -2.60. The maximum absolute atomic E-state index is 13.1. The zero-order valence-corrected chi connectivity index (χ0v) is 6.98. The first-order chi connectivity index (χ1) is 5.57. The summed E-state index contributed by atoms with van der Waals surface area (Å²) in [6.07, 6.45) is -3.71. The standard InChI is InChI=1S/C7H15FN2O2/c1-3-6(10)7(11)5(8)4(2-9)12-3/h3-7,11H,2,9-10H2,1H3/t3-,4?,5?,6?,7?/m1/s1. The molecular weight excluding hydrogens is 163 g/mol. The Morgan fingerprint density at radius 1 is 1.58 bits per heavy atom. The Morgan fingerprint density at radius 3 is 2.67 bits per heavy atom. The third-order valence-corrected chi connectivity index (χ3v) is 2.24. The average molecular weight is 178 g/mol. The second-order valence-corrected chi connectivity index (χ2v) is 3.13. The summed E-state index contributed by atoms with van der Waals surface area (Å²) < 4.78 is 18.3. The molecule has 0 radical (unpaired) electrons. The quantitative estimate of drug-likeness (QED) is 0.469. The van der Waals surface area contributed by atoms with Gasteiger partial charge < -0.3 is 21.3 Å². The fraction of sp³-hybridized carbons (Fsp3) is 1.00. The van der Waals surface area contributed by atoms with Crippen LogP contribution in [0.5, 0.6) is 0 Å². The van der Waals surface area contributed by atoms with Crippen molar-refractivity contribution >= 4 is 0 Å². The molecule has 0 bridgehead atoms. The number of halogens is 1. The van der Waals surface area contributed by atoms with Crippen molar-refractivity contribution in [2.75, 3.05) is 6.54 Å². The third-order valence-electron chi connectivity index (χ3n) is 2.24. The first-order valence-corrected chi connectivity index (χ1v) is 4.01. The molecule has 0 aliphatic carbocycles. The van der Waals surface area contributed by atoms with Crippen LogP contribution >= 0.6 is 0 Å². The number of hydrogen-bond acceptors (Lipinski definition) is 4. The largest absolute Gasteiger partial charge is 0.388 e. The van der Waals surface area contributed by atoms with E-state index in [9.17, 15) is 9.50 Å². The van der Waals surface area contributed by atoms with Gasteiger partial charge in [0.05, 0.1) is 12.1 Å². The Kier molecular flexibility index (Phi) is 3.00. The molecule has 4 nitrogen and oxygen atoms in total. The predicted molar refractivity (Wildman–Crippen MR) is 42.3 cm³/mol. The van der Waals surface area contributed by atoms with E-state index in [0.29, 0.717) is 0 Å². The lowest BCUT2D eigenvalue weighted by atomic mass is 9.95. The number of aliphatic hydroxyl groups is 1. The first-order valence-electron chi connectivity index (χ1n) is 4.01. The van der Waals surface area contributed by atoms with Crippen molar-refractivity contribution in [3.05, 3.63) is 0 Å². The van der Waals surface area contributed by atoms with E-state index < -0.39 is 24.4 Å². The molecule has 0 aromatic carbocycles. The molecule has 0 saturated carbocycles. The molecule has 12 heavy (non-hydrogen) atoms. The maximum atomic E-state index is 13.1. The zero-order valence-electron chi connectivity index (χ0n) is 6.98. The number of rotatable bonds is 1. The van der Waals surface area contributed by atoms with Crippen LogP contribution in [-0.2, 0) is 4.74 Å². The number of alkyl halides is 1. The van der Waals surface area contributed by atoms with Gasteiger partial charge >= 0.3 is 0 Å². The van der Waals surface area contributed by atoms with Gasteiger partial charge in [-0.3, -0.25) is 0 Å². The van der Waals surface area contributed by atoms with Crippen LogP contribution in [0.15, 0.2) is 0 Å². The molecule has 1 saturated heterocycles. The molecule has 0 spiro atoms. The Labute approximate surface area is 70.7 Å². The summed E-state index contributed by atoms with van der Waals surface area (Å²) in [6.45, 7) is 1.76. The van der Waals surface area contributed by atoms with Gasteiger partial charge in [-0.2, -0.15) is 0 Å². The van der Waals surface area contributed by atoms with E-state index in [1.54, 1.807) is 6.92 Å². The van der Waals surface area contributed by atoms with Crippen molar-refractivity contribution in [1.82, 2.24) is 0 Å². The van der Waals surface area contributed by atoms with Crippen molar-refractivity contribution < 1.29 is 14.2 Å². The molecule has 5 N–H and O–H groups in total. The van der Waals surface area contributed by atoms with Crippen molar-refractivity contribution in [3.63, 3.8) is 0 Å². The van der Waals surface area contributed by atoms with Crippen LogP contribution in [0.1, 0.15) is 6.92 Å². The van der Waals surface area contributed by atoms with E-state index in [-0.39, 0.29) is 12.6 Å². The molecule has 1 aliphatic rings. The van der Waals surface area contributed by atoms with Crippen LogP contribution in [0.4, 0.5) is 4.39 Å². The van der Waals surface area contributed by atoms with Gasteiger partial charge in [0.1, 0.15) is 12.2 Å². The molecule has 0 aromatic rings. The first kappa shape index (κ1) is 9.85. The Bertz CT molecular complexity index is 154. The van der Waals surface area contributed by atoms with E-state index in [4.69, 9.17) is 16.2 Å². The molecular formula is C7H15FN2O2. The summed E-state index contributed by atoms with van der Waals surface area (Å²) in [5.74, 6) is 0. The van der Waals surface area contributed by atoms with Gasteiger partial charge in [-0.15, -0.1) is 0 Å². The molecule has 72 valence electrons. The van der Waals surface area contributed by atoms with Crippen LogP contribution < -0.4 is 11.5 Å². The van der Waals surface area contributed by atoms with Gasteiger partial charge in [0.25, 0.3) is 0 Å². The number of hydrogen-bond donors (Lipinski definition) is 3. The fourth-order valence-electron chi connectivity index (χ4n) is 1.34. The van der Waals surface area contributed by atoms with Gasteiger partial charge in [0.2, 0.25) is 0 Å². The highest BCUT2D eigenvalue weighted by atomic mass is 19.1. The Morgan fingerprint density at radius 2 is 2.17 bits per heavy atom. The topological polar surface area (TPSA) is 81.5 Å². The summed E-state index contributed by atoms with van der Waals surface area (Å²) in [4.78, 5) is 0. The molecule has 1 rings (SSSR count). The third kappa shape index (κ3) is 1.59. The van der Waals surface area contributed by atoms with E-state index in [0.717, 1.165) is 0 Å². The number of ether oxygens (including phenoxy) is 1. The van der Waals surface area contributed by atoms with E-state index >= 15 is 0 Å². The maximum Gasteiger partial charge on any atom is 0.155 e. The van der Waals surface area contributed by atoms with Crippen LogP contribution in [0.3, 0.4) is 0 Å². The van der Waals surface area contributed by atoms with E-state index in [1.165, 1.54) is 0 Å². The molecule has 4 unspecified atom stereocenters. The molecule has 0 amide bonds. The minimum atomic E-state index is -1.47. The van der Waals surface area contributed by atoms with Gasteiger partial charge in [0.15, 0.2) is 6.17 Å². The van der Waals surface area contributed by atoms with Crippen LogP contribution in [-0.4, -0.2) is 42.2 Å². The zero-order chi connectivity index (χ0) is 9.30. The summed E-state index contributed by atoms with van der Waals surface area (Å²) in [7, 11) is 0. The van der Waals surface area contributed by atoms with Crippen LogP contribution in [0, 0.1) is 0 Å². The Hall–Kier alpha value is -0.230. The highest BCUT2D eigenvalue weighted by molar-refractivity contribution is 4.93. The average Bonchev–Trinajstić information content (AvgIpc) is 2.08. The van der Waals surface area contributed by atoms with Gasteiger partial charge in [-0.25, -0.2) is 4.39 Å². The summed E-state index contributed by atoms with van der Waals surface area (Å²) in [5.41, 5.74) is 10.7. The highest BCUT2D eigenvalue weighted by Crippen LogP contribution is 2.21. The van der Waals surface area contributed by atoms with Crippen molar-refractivity contribution in [3.8, 4) is 0 Å². The normalized spacial score (nSPS) is 49.2. The van der Waals surface area contributed by atoms with Gasteiger partial charge in [-0.05, 0) is 6.92 Å². The van der Waals surface area contributed by atoms with Crippen molar-refractivity contribution in [2.24, 2.45) is 11.5 Å². The lowest BCUT2D eigenvalue weighted by molar-refractivity contribution is -0.144. The monoisotopic (exact) mass is 178 g/mol. The predicted octanol–water partition coefficient (Wildman–Crippen LogP) is -1.24. The van der Waals surface area contributed by atoms with Gasteiger partial charge in [0, 0.05) is 6.54 Å². The molecule has 0 aromatic heterocycles. The minimum absolute atomic E-state index is 0.0648. The van der Waals surface area contributed by atoms with Crippen molar-refractivity contribution in [1.29, 1.82) is 0 Å². The summed E-state index contributed by atoms with van der Waals surface area (Å²) in [5, 5.41) is 9.28. The number of aliphatic hydroxyl groups excluding tert-OH is 1. The summed E-state index contributed by atoms with van der Waals surface area (Å²) >= 11 is 0. The van der Waals surface area contributed by atoms with Crippen LogP contribution in [0.25, 0.3) is 0 Å². The summed E-state index contributed by atoms with van der Waals surface area (Å²) in [6, 6.07) is -0.664. The van der Waals surface area contributed by atoms with Gasteiger partial charge in [-0.1, -0.05) is 0 Å². The van der Waals surface area contributed by atoms with Crippen molar-refractivity contribution in [2.45, 2.75) is 37.4 Å². The van der Waals surface area contributed by atoms with E-state index in [2.05, 4.69) is 0 Å². The highest BCUT2D eigenvalue weighted by Gasteiger charge is 2.41. The Balaban J connectivity index is 2.63. The minimum Gasteiger partial charge on any atom is -0.388 e. The smallest absolute Gasteiger partial charge is 0.155 e. The SMILES string of the molecule is C[C@H]1OC(CN)C(F)C(O)C1N. The molecule has 1 fully saturated rings. The second-order valence-electron chi connectivity index (χ2n) is 3.13. The van der Waals surface area contributed by atoms with E-state index in [1.807, 2.05) is 0 Å². The molecule has 5 heteroatoms. The number of nitrogens with two attached hydrogens (primary N) is 2. The fourth-order valence-corrected chi connectivity index (χ4v) is 1.34. The molecule has 1 aliphatic heterocycles. The second kappa shape index (κ2) is 3.66.